The van der Waals surface area contributed by atoms with Gasteiger partial charge in [-0.2, -0.15) is 0 Å². The summed E-state index contributed by atoms with van der Waals surface area (Å²) in [6, 6.07) is 8.30. The maximum Gasteiger partial charge on any atom is 0.245 e. The van der Waals surface area contributed by atoms with Gasteiger partial charge < -0.3 is 64.8 Å². The Morgan fingerprint density at radius 1 is 0.609 bits per heavy atom. The molecule has 352 valence electrons. The number of aliphatic hydroxyl groups excluding tert-OH is 1. The van der Waals surface area contributed by atoms with E-state index in [0.717, 1.165) is 0 Å². The van der Waals surface area contributed by atoms with Gasteiger partial charge in [-0.15, -0.1) is 0 Å². The lowest BCUT2D eigenvalue weighted by Gasteiger charge is -2.28. The van der Waals surface area contributed by atoms with E-state index < -0.39 is 102 Å². The van der Waals surface area contributed by atoms with Crippen molar-refractivity contribution < 1.29 is 43.5 Å². The van der Waals surface area contributed by atoms with Crippen molar-refractivity contribution in [1.82, 2.24) is 42.5 Å². The van der Waals surface area contributed by atoms with Crippen LogP contribution >= 0.6 is 0 Å². The molecule has 1 heterocycles. The van der Waals surface area contributed by atoms with Crippen molar-refractivity contribution in [2.75, 3.05) is 26.2 Å². The highest BCUT2D eigenvalue weighted by atomic mass is 16.3. The number of carbonyl (C=O) groups excluding carboxylic acids is 8. The lowest BCUT2D eigenvalue weighted by atomic mass is 9.99. The number of rotatable bonds is 14. The second-order valence-electron chi connectivity index (χ2n) is 16.4. The lowest BCUT2D eigenvalue weighted by molar-refractivity contribution is -0.136. The molecule has 0 radical (unpaired) electrons. The second kappa shape index (κ2) is 26.6. The summed E-state index contributed by atoms with van der Waals surface area (Å²) in [6.07, 6.45) is -1.82. The molecular weight excluding hydrogens is 827 g/mol. The minimum Gasteiger partial charge on any atom is -0.391 e. The van der Waals surface area contributed by atoms with Crippen molar-refractivity contribution in [2.45, 2.75) is 121 Å². The molecule has 1 saturated heterocycles. The second-order valence-corrected chi connectivity index (χ2v) is 16.4. The number of hydrogen-bond acceptors (Lipinski definition) is 12. The molecule has 1 aliphatic heterocycles. The summed E-state index contributed by atoms with van der Waals surface area (Å²) in [6.45, 7) is 6.10. The molecular formula is C44H67N11O9. The molecule has 2 aromatic rings. The van der Waals surface area contributed by atoms with E-state index in [2.05, 4.69) is 42.5 Å². The van der Waals surface area contributed by atoms with Crippen molar-refractivity contribution in [2.24, 2.45) is 23.1 Å². The Labute approximate surface area is 374 Å². The van der Waals surface area contributed by atoms with E-state index in [1.165, 1.54) is 6.92 Å². The van der Waals surface area contributed by atoms with Crippen molar-refractivity contribution in [1.29, 1.82) is 0 Å². The predicted molar refractivity (Wildman–Crippen MR) is 238 cm³/mol. The smallest absolute Gasteiger partial charge is 0.245 e. The predicted octanol–water partition coefficient (Wildman–Crippen LogP) is -2.58. The van der Waals surface area contributed by atoms with E-state index in [0.29, 0.717) is 11.1 Å². The normalized spacial score (nSPS) is 24.7. The number of amides is 8. The van der Waals surface area contributed by atoms with Crippen LogP contribution in [0.1, 0.15) is 76.8 Å². The molecule has 0 aliphatic carbocycles. The highest BCUT2D eigenvalue weighted by molar-refractivity contribution is 5.98. The number of carbonyl (C=O) groups is 8. The largest absolute Gasteiger partial charge is 0.391 e. The summed E-state index contributed by atoms with van der Waals surface area (Å²) < 4.78 is 0. The van der Waals surface area contributed by atoms with Gasteiger partial charge in [0.25, 0.3) is 0 Å². The number of aliphatic hydroxyl groups is 1. The van der Waals surface area contributed by atoms with Crippen LogP contribution in [0.25, 0.3) is 0 Å². The van der Waals surface area contributed by atoms with E-state index in [1.54, 1.807) is 67.6 Å². The van der Waals surface area contributed by atoms with E-state index >= 15 is 0 Å². The average molecular weight is 894 g/mol. The van der Waals surface area contributed by atoms with Crippen LogP contribution in [0.2, 0.25) is 0 Å². The molecule has 3 rings (SSSR count). The fraction of sp³-hybridized carbons (Fsp3) is 0.545. The fourth-order valence-corrected chi connectivity index (χ4v) is 7.00. The monoisotopic (exact) mass is 894 g/mol. The van der Waals surface area contributed by atoms with Gasteiger partial charge in [0.1, 0.15) is 42.3 Å². The quantitative estimate of drug-likeness (QED) is 0.0931. The number of nitrogens with two attached hydrogens (primary N) is 3. The summed E-state index contributed by atoms with van der Waals surface area (Å²) in [4.78, 5) is 111. The summed E-state index contributed by atoms with van der Waals surface area (Å²) in [7, 11) is 0. The topological polar surface area (TPSA) is 331 Å². The summed E-state index contributed by atoms with van der Waals surface area (Å²) in [5.41, 5.74) is 18.9. The van der Waals surface area contributed by atoms with Crippen LogP contribution in [-0.2, 0) is 44.8 Å². The van der Waals surface area contributed by atoms with Crippen molar-refractivity contribution in [3.63, 3.8) is 0 Å². The van der Waals surface area contributed by atoms with Gasteiger partial charge in [0.2, 0.25) is 47.3 Å². The van der Waals surface area contributed by atoms with Crippen LogP contribution in [0.3, 0.4) is 0 Å². The Balaban J connectivity index is 2.11. The van der Waals surface area contributed by atoms with Crippen LogP contribution in [0.15, 0.2) is 60.7 Å². The SMILES string of the molecule is CC(C)C[C@@H]1NC(=O)[C@@H](Cc2ccccc2)NC(=O)[C@H](CCN)NC(=O)[C@@H](NC(=O)[C@@H](C)c2ccccc2)CCNC(=O)[C@H]([C@@H](C)O)NC(=O)[C@H](CCN)NC(=O)[C@H](CCN)NC1=O. The maximum absolute atomic E-state index is 14.2. The first-order chi connectivity index (χ1) is 30.5. The average Bonchev–Trinajstić information content (AvgIpc) is 3.26. The molecule has 2 aromatic carbocycles. The van der Waals surface area contributed by atoms with E-state index in [1.807, 2.05) is 13.8 Å². The molecule has 8 amide bonds. The van der Waals surface area contributed by atoms with E-state index in [9.17, 15) is 43.5 Å². The van der Waals surface area contributed by atoms with Gasteiger partial charge in [0, 0.05) is 13.0 Å². The van der Waals surface area contributed by atoms with Gasteiger partial charge in [0.15, 0.2) is 0 Å². The first kappa shape index (κ1) is 52.4. The Morgan fingerprint density at radius 2 is 1.05 bits per heavy atom. The third kappa shape index (κ3) is 16.6. The number of nitrogens with one attached hydrogen (secondary N) is 8. The van der Waals surface area contributed by atoms with Crippen LogP contribution in [0, 0.1) is 5.92 Å². The fourth-order valence-electron chi connectivity index (χ4n) is 7.00. The molecule has 0 saturated carbocycles. The van der Waals surface area contributed by atoms with Crippen LogP contribution < -0.4 is 59.7 Å². The Bertz CT molecular complexity index is 1870. The minimum atomic E-state index is -1.55. The molecule has 0 aromatic heterocycles. The molecule has 20 nitrogen and oxygen atoms in total. The van der Waals surface area contributed by atoms with Gasteiger partial charge in [-0.3, -0.25) is 38.4 Å². The zero-order valence-electron chi connectivity index (χ0n) is 37.1. The highest BCUT2D eigenvalue weighted by Crippen LogP contribution is 2.16. The summed E-state index contributed by atoms with van der Waals surface area (Å²) in [5.74, 6) is -6.99. The molecule has 64 heavy (non-hydrogen) atoms. The van der Waals surface area contributed by atoms with Gasteiger partial charge in [-0.25, -0.2) is 0 Å². The Morgan fingerprint density at radius 3 is 1.55 bits per heavy atom. The van der Waals surface area contributed by atoms with Gasteiger partial charge in [-0.1, -0.05) is 74.5 Å². The van der Waals surface area contributed by atoms with Crippen LogP contribution in [-0.4, -0.2) is 127 Å². The van der Waals surface area contributed by atoms with Crippen molar-refractivity contribution in [3.05, 3.63) is 71.8 Å². The number of benzene rings is 2. The highest BCUT2D eigenvalue weighted by Gasteiger charge is 2.35. The molecule has 9 atom stereocenters. The molecule has 1 aliphatic rings. The Hall–Kier alpha value is -5.96. The van der Waals surface area contributed by atoms with Crippen molar-refractivity contribution in [3.8, 4) is 0 Å². The minimum absolute atomic E-state index is 0.0241. The van der Waals surface area contributed by atoms with Gasteiger partial charge in [-0.05, 0) is 82.6 Å². The standard InChI is InChI=1S/C44H67N11O9/c1-25(2)23-34-42(62)52-30(15-19-45)38(58)51-32(17-21-47)41(61)55-36(27(4)56)44(64)48-22-18-33(49-37(57)26(3)29-13-9-6-10-14-29)40(60)50-31(16-20-46)39(59)54-35(43(63)53-34)24-28-11-7-5-8-12-28/h5-14,25-27,30-36,56H,15-24,45-47H2,1-4H3,(H,48,64)(H,49,57)(H,50,60)(H,51,58)(H,52,62)(H,53,63)(H,54,59)(H,55,61)/t26-,27+,30-,31-,32-,33-,34-,35+,36-/m0/s1. The van der Waals surface area contributed by atoms with E-state index in [-0.39, 0.29) is 70.6 Å². The van der Waals surface area contributed by atoms with Gasteiger partial charge in [0.05, 0.1) is 12.0 Å². The van der Waals surface area contributed by atoms with Crippen LogP contribution in [0.5, 0.6) is 0 Å². The molecule has 0 bridgehead atoms. The summed E-state index contributed by atoms with van der Waals surface area (Å²) >= 11 is 0. The third-order valence-corrected chi connectivity index (χ3v) is 10.6. The molecule has 1 fully saturated rings. The lowest BCUT2D eigenvalue weighted by Crippen LogP contribution is -2.61. The molecule has 20 heteroatoms. The summed E-state index contributed by atoms with van der Waals surface area (Å²) in [5, 5.41) is 31.7. The number of hydrogen-bond donors (Lipinski definition) is 12. The van der Waals surface area contributed by atoms with Crippen molar-refractivity contribution >= 4 is 47.3 Å². The zero-order valence-corrected chi connectivity index (χ0v) is 37.1. The molecule has 0 spiro atoms. The first-order valence-corrected chi connectivity index (χ1v) is 21.8. The zero-order chi connectivity index (χ0) is 47.3. The Kier molecular flexibility index (Phi) is 21.8. The molecule has 0 unspecified atom stereocenters. The van der Waals surface area contributed by atoms with E-state index in [4.69, 9.17) is 17.2 Å². The van der Waals surface area contributed by atoms with Gasteiger partial charge >= 0.3 is 0 Å². The molecule has 15 N–H and O–H groups in total. The van der Waals surface area contributed by atoms with Crippen LogP contribution in [0.4, 0.5) is 0 Å². The first-order valence-electron chi connectivity index (χ1n) is 21.8. The maximum atomic E-state index is 14.2. The third-order valence-electron chi connectivity index (χ3n) is 10.6.